The number of rotatable bonds is 6. The molecule has 2 aliphatic heterocycles. The number of likely N-dealkylation sites (tertiary alicyclic amines) is 1. The van der Waals surface area contributed by atoms with E-state index in [-0.39, 0.29) is 27.8 Å². The van der Waals surface area contributed by atoms with Gasteiger partial charge in [0.05, 0.1) is 5.02 Å². The zero-order valence-corrected chi connectivity index (χ0v) is 19.1. The predicted octanol–water partition coefficient (Wildman–Crippen LogP) is 3.38. The number of amides is 1. The van der Waals surface area contributed by atoms with E-state index in [9.17, 15) is 13.2 Å². The minimum absolute atomic E-state index is 0.0217. The van der Waals surface area contributed by atoms with Crippen molar-refractivity contribution in [3.8, 4) is 0 Å². The molecule has 3 rings (SSSR count). The van der Waals surface area contributed by atoms with Crippen LogP contribution in [0.1, 0.15) is 39.0 Å². The van der Waals surface area contributed by atoms with Gasteiger partial charge in [0.25, 0.3) is 0 Å². The number of hydrogen-bond acceptors (Lipinski definition) is 4. The third-order valence-corrected chi connectivity index (χ3v) is 8.42. The molecule has 0 bridgehead atoms. The quantitative estimate of drug-likeness (QED) is 0.704. The molecule has 29 heavy (non-hydrogen) atoms. The summed E-state index contributed by atoms with van der Waals surface area (Å²) in [5.41, 5.74) is 0. The summed E-state index contributed by atoms with van der Waals surface area (Å²) in [4.78, 5) is 15.1. The van der Waals surface area contributed by atoms with Gasteiger partial charge in [-0.3, -0.25) is 4.79 Å². The van der Waals surface area contributed by atoms with Gasteiger partial charge in [0.1, 0.15) is 4.90 Å². The standard InChI is InChI=1S/C20H29Cl2N3O3S/c1-2-9-24-10-7-17(8-11-24)23-20(26)15-5-12-25(13-6-15)29(27,28)19-14-16(21)3-4-18(19)22/h3-4,14-15,17H,2,5-13H2,1H3,(H,23,26). The molecule has 1 aromatic rings. The second-order valence-electron chi connectivity index (χ2n) is 7.88. The van der Waals surface area contributed by atoms with Crippen molar-refractivity contribution in [2.75, 3.05) is 32.7 Å². The normalized spacial score (nSPS) is 20.7. The molecule has 6 nitrogen and oxygen atoms in total. The summed E-state index contributed by atoms with van der Waals surface area (Å²) in [7, 11) is -3.72. The topological polar surface area (TPSA) is 69.7 Å². The third-order valence-electron chi connectivity index (χ3n) is 5.81. The van der Waals surface area contributed by atoms with E-state index in [1.807, 2.05) is 0 Å². The lowest BCUT2D eigenvalue weighted by Crippen LogP contribution is -2.48. The molecule has 1 N–H and O–H groups in total. The lowest BCUT2D eigenvalue weighted by atomic mass is 9.96. The van der Waals surface area contributed by atoms with Crippen molar-refractivity contribution in [1.82, 2.24) is 14.5 Å². The summed E-state index contributed by atoms with van der Waals surface area (Å²) in [6, 6.07) is 4.65. The Hall–Kier alpha value is -0.860. The minimum atomic E-state index is -3.72. The van der Waals surface area contributed by atoms with Crippen LogP contribution in [0.25, 0.3) is 0 Å². The van der Waals surface area contributed by atoms with Gasteiger partial charge in [0.2, 0.25) is 15.9 Å². The number of carbonyl (C=O) groups excluding carboxylic acids is 1. The van der Waals surface area contributed by atoms with Crippen molar-refractivity contribution >= 4 is 39.1 Å². The number of sulfonamides is 1. The Morgan fingerprint density at radius 3 is 2.38 bits per heavy atom. The fourth-order valence-corrected chi connectivity index (χ4v) is 6.32. The number of piperidine rings is 2. The fourth-order valence-electron chi connectivity index (χ4n) is 4.11. The van der Waals surface area contributed by atoms with Crippen LogP contribution in [0.15, 0.2) is 23.1 Å². The molecule has 1 aromatic carbocycles. The van der Waals surface area contributed by atoms with E-state index in [2.05, 4.69) is 17.1 Å². The van der Waals surface area contributed by atoms with E-state index < -0.39 is 10.0 Å². The first-order valence-corrected chi connectivity index (χ1v) is 12.5. The van der Waals surface area contributed by atoms with E-state index >= 15 is 0 Å². The molecule has 2 saturated heterocycles. The molecule has 1 amide bonds. The third kappa shape index (κ3) is 5.64. The molecular formula is C20H29Cl2N3O3S. The van der Waals surface area contributed by atoms with Crippen LogP contribution in [-0.4, -0.2) is 62.3 Å². The number of hydrogen-bond donors (Lipinski definition) is 1. The Morgan fingerprint density at radius 1 is 1.10 bits per heavy atom. The van der Waals surface area contributed by atoms with Gasteiger partial charge in [-0.05, 0) is 56.8 Å². The van der Waals surface area contributed by atoms with Crippen LogP contribution in [0.2, 0.25) is 10.0 Å². The SMILES string of the molecule is CCCN1CCC(NC(=O)C2CCN(S(=O)(=O)c3cc(Cl)ccc3Cl)CC2)CC1. The van der Waals surface area contributed by atoms with E-state index in [1.165, 1.54) is 16.4 Å². The Balaban J connectivity index is 1.52. The summed E-state index contributed by atoms with van der Waals surface area (Å²) >= 11 is 12.0. The second-order valence-corrected chi connectivity index (χ2v) is 10.6. The molecule has 0 aliphatic carbocycles. The Labute approximate surface area is 183 Å². The van der Waals surface area contributed by atoms with Crippen molar-refractivity contribution < 1.29 is 13.2 Å². The number of nitrogens with one attached hydrogen (secondary N) is 1. The molecular weight excluding hydrogens is 433 g/mol. The van der Waals surface area contributed by atoms with Gasteiger partial charge >= 0.3 is 0 Å². The Bertz CT molecular complexity index is 818. The van der Waals surface area contributed by atoms with Gasteiger partial charge in [-0.25, -0.2) is 8.42 Å². The van der Waals surface area contributed by atoms with Crippen LogP contribution in [0.4, 0.5) is 0 Å². The second kappa shape index (κ2) is 9.96. The molecule has 2 fully saturated rings. The number of nitrogens with zero attached hydrogens (tertiary/aromatic N) is 2. The number of carbonyl (C=O) groups is 1. The van der Waals surface area contributed by atoms with Gasteiger partial charge in [0, 0.05) is 43.2 Å². The van der Waals surface area contributed by atoms with E-state index in [0.717, 1.165) is 38.9 Å². The summed E-state index contributed by atoms with van der Waals surface area (Å²) in [5, 5.41) is 3.66. The summed E-state index contributed by atoms with van der Waals surface area (Å²) < 4.78 is 27.2. The van der Waals surface area contributed by atoms with Crippen LogP contribution in [0.5, 0.6) is 0 Å². The zero-order chi connectivity index (χ0) is 21.0. The monoisotopic (exact) mass is 461 g/mol. The molecule has 0 saturated carbocycles. The highest BCUT2D eigenvalue weighted by atomic mass is 35.5. The highest BCUT2D eigenvalue weighted by molar-refractivity contribution is 7.89. The molecule has 0 atom stereocenters. The van der Waals surface area contributed by atoms with Crippen molar-refractivity contribution in [2.24, 2.45) is 5.92 Å². The predicted molar refractivity (Wildman–Crippen MR) is 116 cm³/mol. The van der Waals surface area contributed by atoms with E-state index in [1.54, 1.807) is 6.07 Å². The average molecular weight is 462 g/mol. The highest BCUT2D eigenvalue weighted by Gasteiger charge is 2.34. The van der Waals surface area contributed by atoms with Crippen LogP contribution in [-0.2, 0) is 14.8 Å². The van der Waals surface area contributed by atoms with Crippen molar-refractivity contribution in [2.45, 2.75) is 50.0 Å². The van der Waals surface area contributed by atoms with E-state index in [0.29, 0.717) is 31.0 Å². The number of benzene rings is 1. The fraction of sp³-hybridized carbons (Fsp3) is 0.650. The molecule has 0 spiro atoms. The van der Waals surface area contributed by atoms with Gasteiger partial charge in [-0.1, -0.05) is 30.1 Å². The first-order chi connectivity index (χ1) is 13.8. The average Bonchev–Trinajstić information content (AvgIpc) is 2.71. The summed E-state index contributed by atoms with van der Waals surface area (Å²) in [6.45, 7) is 5.95. The van der Waals surface area contributed by atoms with Crippen LogP contribution < -0.4 is 5.32 Å². The summed E-state index contributed by atoms with van der Waals surface area (Å²) in [5.74, 6) is -0.0956. The first kappa shape index (κ1) is 22.8. The highest BCUT2D eigenvalue weighted by Crippen LogP contribution is 2.30. The Kier molecular flexibility index (Phi) is 7.84. The van der Waals surface area contributed by atoms with Crippen molar-refractivity contribution in [1.29, 1.82) is 0 Å². The lowest BCUT2D eigenvalue weighted by Gasteiger charge is -2.34. The van der Waals surface area contributed by atoms with Gasteiger partial charge < -0.3 is 10.2 Å². The van der Waals surface area contributed by atoms with Gasteiger partial charge in [0.15, 0.2) is 0 Å². The van der Waals surface area contributed by atoms with E-state index in [4.69, 9.17) is 23.2 Å². The molecule has 2 heterocycles. The maximum absolute atomic E-state index is 12.9. The molecule has 9 heteroatoms. The molecule has 162 valence electrons. The van der Waals surface area contributed by atoms with Crippen molar-refractivity contribution in [3.05, 3.63) is 28.2 Å². The van der Waals surface area contributed by atoms with Gasteiger partial charge in [-0.15, -0.1) is 0 Å². The largest absolute Gasteiger partial charge is 0.353 e. The maximum Gasteiger partial charge on any atom is 0.244 e. The molecule has 0 unspecified atom stereocenters. The van der Waals surface area contributed by atoms with Crippen molar-refractivity contribution in [3.63, 3.8) is 0 Å². The maximum atomic E-state index is 12.9. The smallest absolute Gasteiger partial charge is 0.244 e. The molecule has 0 radical (unpaired) electrons. The summed E-state index contributed by atoms with van der Waals surface area (Å²) in [6.07, 6.45) is 4.13. The van der Waals surface area contributed by atoms with Crippen LogP contribution in [0, 0.1) is 5.92 Å². The van der Waals surface area contributed by atoms with Crippen LogP contribution >= 0.6 is 23.2 Å². The van der Waals surface area contributed by atoms with Gasteiger partial charge in [-0.2, -0.15) is 4.31 Å². The number of halogens is 2. The minimum Gasteiger partial charge on any atom is -0.353 e. The lowest BCUT2D eigenvalue weighted by molar-refractivity contribution is -0.127. The molecule has 0 aromatic heterocycles. The molecule has 2 aliphatic rings. The zero-order valence-electron chi connectivity index (χ0n) is 16.7. The van der Waals surface area contributed by atoms with Crippen LogP contribution in [0.3, 0.4) is 0 Å². The Morgan fingerprint density at radius 2 is 1.76 bits per heavy atom. The first-order valence-electron chi connectivity index (χ1n) is 10.3.